The molecule has 0 fully saturated rings. The van der Waals surface area contributed by atoms with Crippen molar-refractivity contribution in [2.45, 2.75) is 11.3 Å². The minimum absolute atomic E-state index is 0.0107. The normalized spacial score (nSPS) is 11.4. The molecule has 7 heteroatoms. The van der Waals surface area contributed by atoms with Crippen LogP contribution in [-0.4, -0.2) is 20.9 Å². The van der Waals surface area contributed by atoms with Gasteiger partial charge in [0.25, 0.3) is 9.05 Å². The lowest BCUT2D eigenvalue weighted by Crippen LogP contribution is -2.16. The van der Waals surface area contributed by atoms with Gasteiger partial charge in [0.1, 0.15) is 10.6 Å². The van der Waals surface area contributed by atoms with Gasteiger partial charge in [-0.15, -0.1) is 0 Å². The van der Waals surface area contributed by atoms with Crippen LogP contribution in [0, 0.1) is 0 Å². The van der Waals surface area contributed by atoms with Gasteiger partial charge in [0, 0.05) is 17.1 Å². The molecule has 0 heterocycles. The summed E-state index contributed by atoms with van der Waals surface area (Å²) in [7, 11) is 1.28. The first-order chi connectivity index (χ1) is 12.4. The van der Waals surface area contributed by atoms with E-state index < -0.39 is 19.9 Å². The number of carbonyl (C=O) groups excluding carboxylic acids is 1. The molecule has 0 radical (unpaired) electrons. The average molecular weight is 390 g/mol. The molecule has 0 saturated heterocycles. The van der Waals surface area contributed by atoms with Crippen molar-refractivity contribution in [3.63, 3.8) is 0 Å². The molecule has 0 aliphatic rings. The lowest BCUT2D eigenvalue weighted by atomic mass is 10.0. The Morgan fingerprint density at radius 2 is 1.69 bits per heavy atom. The Hall–Kier alpha value is -2.57. The monoisotopic (exact) mass is 389 g/mol. The van der Waals surface area contributed by atoms with Crippen LogP contribution >= 0.6 is 10.7 Å². The second-order valence-corrected chi connectivity index (χ2v) is 8.17. The molecule has 0 bridgehead atoms. The van der Waals surface area contributed by atoms with Crippen LogP contribution in [0.25, 0.3) is 10.8 Å². The Morgan fingerprint density at radius 1 is 1.00 bits per heavy atom. The third-order valence-electron chi connectivity index (χ3n) is 4.00. The standard InChI is InChI=1S/C19H16ClNO4S/c20-26(23,24)18-16(19(21)22)9-4-10-17(18)25-12-11-14-7-3-6-13-5-1-2-8-15(13)14/h1-10H,11-12H2,(H2,21,22). The minimum Gasteiger partial charge on any atom is -0.492 e. The van der Waals surface area contributed by atoms with Gasteiger partial charge in [0.2, 0.25) is 5.91 Å². The minimum atomic E-state index is -4.19. The molecule has 0 aliphatic carbocycles. The fraction of sp³-hybridized carbons (Fsp3) is 0.105. The Bertz CT molecular complexity index is 1070. The zero-order valence-electron chi connectivity index (χ0n) is 13.7. The van der Waals surface area contributed by atoms with E-state index in [-0.39, 0.29) is 17.9 Å². The second-order valence-electron chi connectivity index (χ2n) is 5.67. The number of hydrogen-bond acceptors (Lipinski definition) is 4. The zero-order valence-corrected chi connectivity index (χ0v) is 15.3. The van der Waals surface area contributed by atoms with Crippen molar-refractivity contribution < 1.29 is 17.9 Å². The molecule has 0 spiro atoms. The first-order valence-electron chi connectivity index (χ1n) is 7.85. The molecule has 0 unspecified atom stereocenters. The molecule has 0 atom stereocenters. The van der Waals surface area contributed by atoms with Gasteiger partial charge in [-0.05, 0) is 28.5 Å². The van der Waals surface area contributed by atoms with Gasteiger partial charge in [0.05, 0.1) is 12.2 Å². The molecule has 3 aromatic carbocycles. The first-order valence-corrected chi connectivity index (χ1v) is 10.2. The molecule has 5 nitrogen and oxygen atoms in total. The molecular weight excluding hydrogens is 374 g/mol. The number of hydrogen-bond donors (Lipinski definition) is 1. The van der Waals surface area contributed by atoms with Crippen molar-refractivity contribution >= 4 is 36.4 Å². The number of nitrogens with two attached hydrogens (primary N) is 1. The van der Waals surface area contributed by atoms with Crippen LogP contribution in [0.4, 0.5) is 0 Å². The van der Waals surface area contributed by atoms with E-state index in [0.717, 1.165) is 16.3 Å². The van der Waals surface area contributed by atoms with Crippen LogP contribution in [0.1, 0.15) is 15.9 Å². The quantitative estimate of drug-likeness (QED) is 0.654. The van der Waals surface area contributed by atoms with Crippen LogP contribution in [0.5, 0.6) is 5.75 Å². The molecule has 1 amide bonds. The molecule has 26 heavy (non-hydrogen) atoms. The van der Waals surface area contributed by atoms with E-state index in [2.05, 4.69) is 0 Å². The Morgan fingerprint density at radius 3 is 2.42 bits per heavy atom. The van der Waals surface area contributed by atoms with Gasteiger partial charge >= 0.3 is 0 Å². The number of carbonyl (C=O) groups is 1. The summed E-state index contributed by atoms with van der Waals surface area (Å²) in [6.07, 6.45) is 0.559. The number of primary amides is 1. The van der Waals surface area contributed by atoms with Crippen LogP contribution in [0.15, 0.2) is 65.6 Å². The first kappa shape index (κ1) is 18.2. The van der Waals surface area contributed by atoms with E-state index in [4.69, 9.17) is 21.2 Å². The molecule has 3 rings (SSSR count). The Balaban J connectivity index is 1.86. The Labute approximate surface area is 155 Å². The van der Waals surface area contributed by atoms with E-state index in [0.29, 0.717) is 6.42 Å². The van der Waals surface area contributed by atoms with E-state index in [1.165, 1.54) is 18.2 Å². The topological polar surface area (TPSA) is 86.5 Å². The second kappa shape index (κ2) is 7.35. The third-order valence-corrected chi connectivity index (χ3v) is 5.37. The molecule has 2 N–H and O–H groups in total. The van der Waals surface area contributed by atoms with Crippen LogP contribution in [0.2, 0.25) is 0 Å². The molecule has 0 saturated carbocycles. The van der Waals surface area contributed by atoms with Gasteiger partial charge in [0.15, 0.2) is 0 Å². The number of benzene rings is 3. The maximum atomic E-state index is 11.9. The van der Waals surface area contributed by atoms with Gasteiger partial charge in [-0.25, -0.2) is 8.42 Å². The average Bonchev–Trinajstić information content (AvgIpc) is 2.61. The highest BCUT2D eigenvalue weighted by atomic mass is 35.7. The fourth-order valence-corrected chi connectivity index (χ4v) is 4.13. The molecule has 0 aliphatic heterocycles. The smallest absolute Gasteiger partial charge is 0.265 e. The summed E-state index contributed by atoms with van der Waals surface area (Å²) in [5, 5.41) is 2.22. The summed E-state index contributed by atoms with van der Waals surface area (Å²) in [5.41, 5.74) is 6.13. The van der Waals surface area contributed by atoms with Crippen molar-refractivity contribution in [1.29, 1.82) is 0 Å². The van der Waals surface area contributed by atoms with Crippen molar-refractivity contribution in [2.24, 2.45) is 5.73 Å². The van der Waals surface area contributed by atoms with Crippen molar-refractivity contribution in [2.75, 3.05) is 6.61 Å². The highest BCUT2D eigenvalue weighted by Crippen LogP contribution is 2.30. The SMILES string of the molecule is NC(=O)c1cccc(OCCc2cccc3ccccc23)c1S(=O)(=O)Cl. The summed E-state index contributed by atoms with van der Waals surface area (Å²) in [4.78, 5) is 11.1. The summed E-state index contributed by atoms with van der Waals surface area (Å²) >= 11 is 0. The van der Waals surface area contributed by atoms with Crippen LogP contribution < -0.4 is 10.5 Å². The Kier molecular flexibility index (Phi) is 5.15. The fourth-order valence-electron chi connectivity index (χ4n) is 2.86. The summed E-state index contributed by atoms with van der Waals surface area (Å²) in [5.74, 6) is -0.875. The molecule has 3 aromatic rings. The summed E-state index contributed by atoms with van der Waals surface area (Å²) in [6.45, 7) is 0.218. The number of fused-ring (bicyclic) bond motifs is 1. The molecule has 0 aromatic heterocycles. The predicted molar refractivity (Wildman–Crippen MR) is 101 cm³/mol. The number of halogens is 1. The number of ether oxygens (including phenoxy) is 1. The predicted octanol–water partition coefficient (Wildman–Crippen LogP) is 3.49. The lowest BCUT2D eigenvalue weighted by molar-refractivity contribution is 0.0996. The number of amides is 1. The van der Waals surface area contributed by atoms with Gasteiger partial charge < -0.3 is 10.5 Å². The van der Waals surface area contributed by atoms with Crippen molar-refractivity contribution in [1.82, 2.24) is 0 Å². The van der Waals surface area contributed by atoms with Gasteiger partial charge in [-0.3, -0.25) is 4.79 Å². The highest BCUT2D eigenvalue weighted by molar-refractivity contribution is 8.13. The number of rotatable bonds is 6. The maximum Gasteiger partial charge on any atom is 0.265 e. The van der Waals surface area contributed by atoms with Gasteiger partial charge in [-0.1, -0.05) is 48.5 Å². The molecule has 134 valence electrons. The van der Waals surface area contributed by atoms with E-state index in [9.17, 15) is 13.2 Å². The van der Waals surface area contributed by atoms with E-state index in [1.54, 1.807) is 0 Å². The van der Waals surface area contributed by atoms with Gasteiger partial charge in [-0.2, -0.15) is 0 Å². The highest BCUT2D eigenvalue weighted by Gasteiger charge is 2.24. The van der Waals surface area contributed by atoms with Crippen LogP contribution in [-0.2, 0) is 15.5 Å². The van der Waals surface area contributed by atoms with E-state index in [1.807, 2.05) is 42.5 Å². The summed E-state index contributed by atoms with van der Waals surface area (Å²) < 4.78 is 29.4. The van der Waals surface area contributed by atoms with Crippen molar-refractivity contribution in [3.8, 4) is 5.75 Å². The maximum absolute atomic E-state index is 11.9. The zero-order chi connectivity index (χ0) is 18.7. The lowest BCUT2D eigenvalue weighted by Gasteiger charge is -2.13. The largest absolute Gasteiger partial charge is 0.492 e. The third kappa shape index (κ3) is 3.81. The summed E-state index contributed by atoms with van der Waals surface area (Å²) in [6, 6.07) is 18.2. The van der Waals surface area contributed by atoms with E-state index >= 15 is 0 Å². The molecular formula is C19H16ClNO4S. The van der Waals surface area contributed by atoms with Crippen molar-refractivity contribution in [3.05, 3.63) is 71.8 Å². The van der Waals surface area contributed by atoms with Crippen LogP contribution in [0.3, 0.4) is 0 Å².